The summed E-state index contributed by atoms with van der Waals surface area (Å²) in [6, 6.07) is 6.58. The first kappa shape index (κ1) is 12.7. The van der Waals surface area contributed by atoms with Crippen LogP contribution in [0.15, 0.2) is 29.4 Å². The van der Waals surface area contributed by atoms with Crippen LogP contribution in [0.4, 0.5) is 4.39 Å². The van der Waals surface area contributed by atoms with Crippen LogP contribution in [0.25, 0.3) is 0 Å². The van der Waals surface area contributed by atoms with Crippen LogP contribution in [-0.4, -0.2) is 16.5 Å². The van der Waals surface area contributed by atoms with E-state index in [1.165, 1.54) is 12.1 Å². The Morgan fingerprint density at radius 2 is 2.41 bits per heavy atom. The molecule has 0 aromatic heterocycles. The molecular formula is C12H13ClFNOS. The van der Waals surface area contributed by atoms with Crippen LogP contribution in [-0.2, 0) is 10.6 Å². The highest BCUT2D eigenvalue weighted by Crippen LogP contribution is 2.30. The quantitative estimate of drug-likeness (QED) is 0.782. The Labute approximate surface area is 109 Å². The first-order valence-electron chi connectivity index (χ1n) is 5.29. The molecule has 0 amide bonds. The number of alkyl halides is 1. The lowest BCUT2D eigenvalue weighted by molar-refractivity contribution is 0.0152. The molecule has 0 radical (unpaired) electrons. The molecule has 0 fully saturated rings. The third kappa shape index (κ3) is 3.36. The molecule has 0 N–H and O–H groups in total. The Bertz CT molecular complexity index is 440. The fourth-order valence-corrected chi connectivity index (χ4v) is 2.64. The van der Waals surface area contributed by atoms with Crippen molar-refractivity contribution in [2.24, 2.45) is 5.16 Å². The highest BCUT2D eigenvalue weighted by molar-refractivity contribution is 8.13. The average Bonchev–Trinajstić information content (AvgIpc) is 2.70. The summed E-state index contributed by atoms with van der Waals surface area (Å²) >= 11 is 7.36. The summed E-state index contributed by atoms with van der Waals surface area (Å²) in [4.78, 5) is 5.28. The largest absolute Gasteiger partial charge is 0.387 e. The highest BCUT2D eigenvalue weighted by Gasteiger charge is 2.33. The molecule has 0 bridgehead atoms. The van der Waals surface area contributed by atoms with Gasteiger partial charge in [-0.2, -0.15) is 0 Å². The molecule has 1 unspecified atom stereocenters. The van der Waals surface area contributed by atoms with Gasteiger partial charge in [0.1, 0.15) is 10.9 Å². The van der Waals surface area contributed by atoms with Crippen molar-refractivity contribution in [2.45, 2.75) is 24.7 Å². The minimum atomic E-state index is -0.383. The van der Waals surface area contributed by atoms with Gasteiger partial charge >= 0.3 is 0 Å². The van der Waals surface area contributed by atoms with Gasteiger partial charge in [0.15, 0.2) is 5.60 Å². The lowest BCUT2D eigenvalue weighted by Crippen LogP contribution is -2.26. The van der Waals surface area contributed by atoms with Crippen molar-refractivity contribution in [3.8, 4) is 0 Å². The molecule has 1 aliphatic rings. The molecule has 5 heteroatoms. The second-order valence-electron chi connectivity index (χ2n) is 4.26. The van der Waals surface area contributed by atoms with Crippen molar-refractivity contribution in [3.05, 3.63) is 35.6 Å². The van der Waals surface area contributed by atoms with Crippen molar-refractivity contribution < 1.29 is 9.23 Å². The van der Waals surface area contributed by atoms with Gasteiger partial charge in [0.2, 0.25) is 0 Å². The molecule has 0 saturated heterocycles. The molecule has 1 atom stereocenters. The van der Waals surface area contributed by atoms with Gasteiger partial charge in [0.25, 0.3) is 0 Å². The number of rotatable bonds is 3. The van der Waals surface area contributed by atoms with E-state index in [-0.39, 0.29) is 11.4 Å². The molecule has 1 aromatic rings. The van der Waals surface area contributed by atoms with Gasteiger partial charge in [-0.05, 0) is 24.6 Å². The predicted molar refractivity (Wildman–Crippen MR) is 70.0 cm³/mol. The van der Waals surface area contributed by atoms with Crippen LogP contribution in [0.2, 0.25) is 0 Å². The van der Waals surface area contributed by atoms with E-state index in [2.05, 4.69) is 5.16 Å². The number of halogens is 2. The molecule has 2 nitrogen and oxygen atoms in total. The summed E-state index contributed by atoms with van der Waals surface area (Å²) in [5.74, 6) is 0.900. The van der Waals surface area contributed by atoms with Crippen LogP contribution in [0.1, 0.15) is 18.9 Å². The van der Waals surface area contributed by atoms with E-state index in [1.807, 2.05) is 13.0 Å². The molecule has 0 saturated carbocycles. The van der Waals surface area contributed by atoms with Gasteiger partial charge in [-0.3, -0.25) is 0 Å². The Morgan fingerprint density at radius 3 is 3.06 bits per heavy atom. The van der Waals surface area contributed by atoms with Crippen molar-refractivity contribution in [2.75, 3.05) is 5.88 Å². The highest BCUT2D eigenvalue weighted by atomic mass is 35.5. The Morgan fingerprint density at radius 1 is 1.59 bits per heavy atom. The number of nitrogens with zero attached hydrogens (tertiary/aromatic N) is 1. The number of hydrogen-bond acceptors (Lipinski definition) is 3. The molecule has 0 aliphatic carbocycles. The van der Waals surface area contributed by atoms with Crippen LogP contribution in [0, 0.1) is 5.82 Å². The molecule has 2 rings (SSSR count). The van der Waals surface area contributed by atoms with E-state index < -0.39 is 0 Å². The van der Waals surface area contributed by atoms with Gasteiger partial charge in [-0.15, -0.1) is 23.4 Å². The zero-order chi connectivity index (χ0) is 12.3. The fraction of sp³-hybridized carbons (Fsp3) is 0.417. The van der Waals surface area contributed by atoms with Crippen LogP contribution in [0.3, 0.4) is 0 Å². The Hall–Kier alpha value is -0.740. The lowest BCUT2D eigenvalue weighted by atomic mass is 10.1. The maximum absolute atomic E-state index is 13.0. The van der Waals surface area contributed by atoms with Crippen LogP contribution >= 0.6 is 23.4 Å². The molecule has 1 heterocycles. The van der Waals surface area contributed by atoms with Gasteiger partial charge in [0.05, 0.1) is 5.88 Å². The zero-order valence-electron chi connectivity index (χ0n) is 9.45. The molecule has 1 aliphatic heterocycles. The number of benzene rings is 1. The normalized spacial score (nSPS) is 23.4. The minimum Gasteiger partial charge on any atom is -0.387 e. The van der Waals surface area contributed by atoms with Gasteiger partial charge in [-0.25, -0.2) is 4.39 Å². The topological polar surface area (TPSA) is 21.6 Å². The van der Waals surface area contributed by atoms with Crippen molar-refractivity contribution in [1.82, 2.24) is 0 Å². The summed E-state index contributed by atoms with van der Waals surface area (Å²) in [7, 11) is 0. The van der Waals surface area contributed by atoms with Gasteiger partial charge in [0, 0.05) is 12.2 Å². The minimum absolute atomic E-state index is 0.210. The third-order valence-electron chi connectivity index (χ3n) is 2.47. The average molecular weight is 274 g/mol. The van der Waals surface area contributed by atoms with Gasteiger partial charge < -0.3 is 4.84 Å². The van der Waals surface area contributed by atoms with Crippen molar-refractivity contribution in [3.63, 3.8) is 0 Å². The molecule has 17 heavy (non-hydrogen) atoms. The van der Waals surface area contributed by atoms with Crippen molar-refractivity contribution >= 4 is 28.4 Å². The summed E-state index contributed by atoms with van der Waals surface area (Å²) in [6.07, 6.45) is 0.719. The maximum Gasteiger partial charge on any atom is 0.154 e. The van der Waals surface area contributed by atoms with Gasteiger partial charge in [-0.1, -0.05) is 17.3 Å². The Balaban J connectivity index is 1.88. The van der Waals surface area contributed by atoms with Crippen LogP contribution < -0.4 is 0 Å². The van der Waals surface area contributed by atoms with E-state index in [4.69, 9.17) is 16.4 Å². The SMILES string of the molecule is CC1(CCl)CC(SCc2cccc(F)c2)=NO1. The van der Waals surface area contributed by atoms with Crippen molar-refractivity contribution in [1.29, 1.82) is 0 Å². The molecule has 1 aromatic carbocycles. The third-order valence-corrected chi connectivity index (χ3v) is 4.07. The summed E-state index contributed by atoms with van der Waals surface area (Å²) < 4.78 is 13.0. The van der Waals surface area contributed by atoms with E-state index >= 15 is 0 Å². The van der Waals surface area contributed by atoms with Crippen LogP contribution in [0.5, 0.6) is 0 Å². The number of thioether (sulfide) groups is 1. The molecule has 0 spiro atoms. The van der Waals surface area contributed by atoms with E-state index in [1.54, 1.807) is 17.8 Å². The van der Waals surface area contributed by atoms with E-state index in [9.17, 15) is 4.39 Å². The summed E-state index contributed by atoms with van der Waals surface area (Å²) in [5.41, 5.74) is 0.559. The second kappa shape index (κ2) is 5.27. The van der Waals surface area contributed by atoms with E-state index in [0.717, 1.165) is 17.0 Å². The molecular weight excluding hydrogens is 261 g/mol. The lowest BCUT2D eigenvalue weighted by Gasteiger charge is -2.16. The first-order chi connectivity index (χ1) is 8.11. The number of oxime groups is 1. The maximum atomic E-state index is 13.0. The predicted octanol–water partition coefficient (Wildman–Crippen LogP) is 3.79. The number of hydrogen-bond donors (Lipinski definition) is 0. The fourth-order valence-electron chi connectivity index (χ4n) is 1.49. The second-order valence-corrected chi connectivity index (χ2v) is 5.57. The summed E-state index contributed by atoms with van der Waals surface area (Å²) in [5, 5.41) is 4.91. The smallest absolute Gasteiger partial charge is 0.154 e. The Kier molecular flexibility index (Phi) is 3.94. The standard InChI is InChI=1S/C12H13ClFNOS/c1-12(8-13)6-11(15-16-12)17-7-9-3-2-4-10(14)5-9/h2-5H,6-8H2,1H3. The first-order valence-corrected chi connectivity index (χ1v) is 6.82. The zero-order valence-corrected chi connectivity index (χ0v) is 11.0. The summed E-state index contributed by atoms with van der Waals surface area (Å²) in [6.45, 7) is 1.93. The monoisotopic (exact) mass is 273 g/mol. The molecule has 92 valence electrons. The van der Waals surface area contributed by atoms with E-state index in [0.29, 0.717) is 11.6 Å².